The number of hydrogen-bond donors (Lipinski definition) is 0. The van der Waals surface area contributed by atoms with Crippen LogP contribution in [0.5, 0.6) is 0 Å². The predicted octanol–water partition coefficient (Wildman–Crippen LogP) is 3.69. The van der Waals surface area contributed by atoms with Crippen LogP contribution in [-0.2, 0) is 16.2 Å². The minimum absolute atomic E-state index is 0.363. The van der Waals surface area contributed by atoms with Crippen molar-refractivity contribution in [2.45, 2.75) is 32.4 Å². The molecule has 3 aromatic heterocycles. The van der Waals surface area contributed by atoms with Gasteiger partial charge in [-0.1, -0.05) is 31.2 Å². The molecule has 4 rings (SSSR count). The predicted molar refractivity (Wildman–Crippen MR) is 121 cm³/mol. The monoisotopic (exact) mass is 446 g/mol. The Balaban J connectivity index is 1.72. The first-order chi connectivity index (χ1) is 14.4. The summed E-state index contributed by atoms with van der Waals surface area (Å²) in [5.74, 6) is 0.910. The normalized spacial score (nSPS) is 15.1. The summed E-state index contributed by atoms with van der Waals surface area (Å²) in [4.78, 5) is 20.1. The van der Waals surface area contributed by atoms with Gasteiger partial charge < -0.3 is 14.4 Å². The highest BCUT2D eigenvalue weighted by molar-refractivity contribution is 6.76. The summed E-state index contributed by atoms with van der Waals surface area (Å²) in [6.07, 6.45) is 4.85. The van der Waals surface area contributed by atoms with Crippen molar-refractivity contribution in [1.82, 2.24) is 24.5 Å². The van der Waals surface area contributed by atoms with Gasteiger partial charge in [0.2, 0.25) is 0 Å². The van der Waals surface area contributed by atoms with E-state index in [9.17, 15) is 0 Å². The number of morpholine rings is 1. The van der Waals surface area contributed by atoms with Gasteiger partial charge in [0.1, 0.15) is 35.4 Å². The standard InChI is InChI=1S/C20H27ClN6O2Si/c1-30(2,3)9-8-29-14-27-17(16-11-23-18(21)12-22-16)10-15-19(24-13-25-20(15)27)26-4-6-28-7-5-26/h10-13H,4-9,14H2,1-3H3. The maximum absolute atomic E-state index is 6.06. The van der Waals surface area contributed by atoms with E-state index in [4.69, 9.17) is 21.1 Å². The maximum atomic E-state index is 6.06. The molecule has 0 spiro atoms. The average Bonchev–Trinajstić information content (AvgIpc) is 3.10. The van der Waals surface area contributed by atoms with Crippen LogP contribution in [-0.4, -0.2) is 65.5 Å². The van der Waals surface area contributed by atoms with Crippen LogP contribution in [0.15, 0.2) is 24.8 Å². The summed E-state index contributed by atoms with van der Waals surface area (Å²) in [7, 11) is -1.16. The second-order valence-corrected chi connectivity index (χ2v) is 14.6. The molecule has 3 aromatic rings. The third kappa shape index (κ3) is 4.80. The van der Waals surface area contributed by atoms with Crippen LogP contribution in [0.2, 0.25) is 30.8 Å². The zero-order chi connectivity index (χ0) is 21.1. The van der Waals surface area contributed by atoms with Crippen molar-refractivity contribution in [1.29, 1.82) is 0 Å². The van der Waals surface area contributed by atoms with E-state index in [2.05, 4.69) is 50.5 Å². The lowest BCUT2D eigenvalue weighted by Crippen LogP contribution is -2.36. The number of aromatic nitrogens is 5. The van der Waals surface area contributed by atoms with Gasteiger partial charge in [-0.25, -0.2) is 19.9 Å². The Bertz CT molecular complexity index is 999. The van der Waals surface area contributed by atoms with Crippen molar-refractivity contribution in [3.8, 4) is 11.4 Å². The Labute approximate surface area is 182 Å². The molecule has 0 unspecified atom stereocenters. The lowest BCUT2D eigenvalue weighted by Gasteiger charge is -2.28. The minimum atomic E-state index is -1.16. The first kappa shape index (κ1) is 21.2. The van der Waals surface area contributed by atoms with Crippen LogP contribution in [0.4, 0.5) is 5.82 Å². The van der Waals surface area contributed by atoms with Crippen molar-refractivity contribution in [2.24, 2.45) is 0 Å². The smallest absolute Gasteiger partial charge is 0.147 e. The molecule has 30 heavy (non-hydrogen) atoms. The number of halogens is 1. The lowest BCUT2D eigenvalue weighted by atomic mass is 10.2. The molecule has 0 atom stereocenters. The molecule has 0 radical (unpaired) electrons. The highest BCUT2D eigenvalue weighted by Gasteiger charge is 2.21. The fourth-order valence-electron chi connectivity index (χ4n) is 3.40. The van der Waals surface area contributed by atoms with Gasteiger partial charge in [-0.15, -0.1) is 0 Å². The van der Waals surface area contributed by atoms with Gasteiger partial charge in [-0.3, -0.25) is 4.57 Å². The SMILES string of the molecule is C[Si](C)(C)CCOCn1c(-c2cnc(Cl)cn2)cc2c(N3CCOCC3)ncnc21. The molecule has 0 aromatic carbocycles. The Hall–Kier alpha value is -2.07. The molecular weight excluding hydrogens is 420 g/mol. The third-order valence-electron chi connectivity index (χ3n) is 5.08. The molecule has 0 saturated carbocycles. The molecule has 4 heterocycles. The fourth-order valence-corrected chi connectivity index (χ4v) is 4.25. The van der Waals surface area contributed by atoms with Gasteiger partial charge in [0, 0.05) is 27.8 Å². The Morgan fingerprint density at radius 2 is 1.90 bits per heavy atom. The largest absolute Gasteiger partial charge is 0.378 e. The van der Waals surface area contributed by atoms with Crippen LogP contribution in [0.1, 0.15) is 0 Å². The van der Waals surface area contributed by atoms with E-state index >= 15 is 0 Å². The second kappa shape index (κ2) is 8.97. The number of hydrogen-bond acceptors (Lipinski definition) is 7. The number of anilines is 1. The molecule has 1 fully saturated rings. The summed E-state index contributed by atoms with van der Waals surface area (Å²) in [6.45, 7) is 11.2. The van der Waals surface area contributed by atoms with Crippen LogP contribution >= 0.6 is 11.6 Å². The summed E-state index contributed by atoms with van der Waals surface area (Å²) in [5.41, 5.74) is 2.43. The van der Waals surface area contributed by atoms with Crippen molar-refractivity contribution in [3.05, 3.63) is 29.9 Å². The van der Waals surface area contributed by atoms with E-state index in [0.717, 1.165) is 54.0 Å². The van der Waals surface area contributed by atoms with E-state index in [1.54, 1.807) is 18.7 Å². The minimum Gasteiger partial charge on any atom is -0.378 e. The van der Waals surface area contributed by atoms with Gasteiger partial charge in [0.15, 0.2) is 0 Å². The number of rotatable bonds is 7. The average molecular weight is 447 g/mol. The summed E-state index contributed by atoms with van der Waals surface area (Å²) in [6, 6.07) is 3.18. The molecule has 0 bridgehead atoms. The lowest BCUT2D eigenvalue weighted by molar-refractivity contribution is 0.0908. The van der Waals surface area contributed by atoms with Crippen LogP contribution < -0.4 is 4.90 Å². The summed E-state index contributed by atoms with van der Waals surface area (Å²) < 4.78 is 13.6. The van der Waals surface area contributed by atoms with E-state index in [1.807, 2.05) is 4.57 Å². The summed E-state index contributed by atoms with van der Waals surface area (Å²) >= 11 is 5.95. The zero-order valence-corrected chi connectivity index (χ0v) is 19.4. The first-order valence-electron chi connectivity index (χ1n) is 10.1. The van der Waals surface area contributed by atoms with Gasteiger partial charge >= 0.3 is 0 Å². The van der Waals surface area contributed by atoms with Gasteiger partial charge in [-0.05, 0) is 12.1 Å². The number of ether oxygens (including phenoxy) is 2. The molecule has 1 aliphatic heterocycles. The molecule has 0 amide bonds. The molecule has 8 nitrogen and oxygen atoms in total. The Kier molecular flexibility index (Phi) is 6.33. The van der Waals surface area contributed by atoms with Gasteiger partial charge in [0.05, 0.1) is 36.7 Å². The van der Waals surface area contributed by atoms with E-state index < -0.39 is 8.07 Å². The highest BCUT2D eigenvalue weighted by Crippen LogP contribution is 2.31. The molecule has 1 saturated heterocycles. The van der Waals surface area contributed by atoms with E-state index in [1.165, 1.54) is 0 Å². The molecule has 0 N–H and O–H groups in total. The van der Waals surface area contributed by atoms with Crippen LogP contribution in [0, 0.1) is 0 Å². The van der Waals surface area contributed by atoms with Crippen molar-refractivity contribution >= 4 is 36.5 Å². The highest BCUT2D eigenvalue weighted by atomic mass is 35.5. The molecule has 10 heteroatoms. The topological polar surface area (TPSA) is 78.2 Å². The van der Waals surface area contributed by atoms with Crippen molar-refractivity contribution in [3.63, 3.8) is 0 Å². The quantitative estimate of drug-likeness (QED) is 0.404. The maximum Gasteiger partial charge on any atom is 0.147 e. The van der Waals surface area contributed by atoms with Gasteiger partial charge in [0.25, 0.3) is 0 Å². The van der Waals surface area contributed by atoms with Crippen molar-refractivity contribution < 1.29 is 9.47 Å². The molecule has 160 valence electrons. The zero-order valence-electron chi connectivity index (χ0n) is 17.6. The summed E-state index contributed by atoms with van der Waals surface area (Å²) in [5, 5.41) is 1.33. The van der Waals surface area contributed by atoms with Crippen LogP contribution in [0.25, 0.3) is 22.4 Å². The third-order valence-corrected chi connectivity index (χ3v) is 6.98. The van der Waals surface area contributed by atoms with E-state index in [0.29, 0.717) is 25.1 Å². The Morgan fingerprint density at radius 3 is 2.60 bits per heavy atom. The number of nitrogens with zero attached hydrogens (tertiary/aromatic N) is 6. The number of fused-ring (bicyclic) bond motifs is 1. The molecule has 0 aliphatic carbocycles. The molecule has 1 aliphatic rings. The van der Waals surface area contributed by atoms with Gasteiger partial charge in [-0.2, -0.15) is 0 Å². The molecular formula is C20H27ClN6O2Si. The fraction of sp³-hybridized carbons (Fsp3) is 0.500. The second-order valence-electron chi connectivity index (χ2n) is 8.56. The first-order valence-corrected chi connectivity index (χ1v) is 14.2. The Morgan fingerprint density at radius 1 is 1.10 bits per heavy atom. The van der Waals surface area contributed by atoms with Crippen molar-refractivity contribution in [2.75, 3.05) is 37.8 Å². The van der Waals surface area contributed by atoms with Crippen LogP contribution in [0.3, 0.4) is 0 Å². The van der Waals surface area contributed by atoms with E-state index in [-0.39, 0.29) is 0 Å².